The Hall–Kier alpha value is -0.730. The standard InChI is InChI=1S/C8H11F3/c1-2-3-4-5-6-7(9)8(10)11/h5-6H,2-4H2,1H3/b6-5+. The summed E-state index contributed by atoms with van der Waals surface area (Å²) in [6.45, 7) is 1.98. The molecule has 0 amide bonds. The first-order valence-corrected chi connectivity index (χ1v) is 3.55. The highest BCUT2D eigenvalue weighted by atomic mass is 19.3. The van der Waals surface area contributed by atoms with Gasteiger partial charge in [-0.15, -0.1) is 0 Å². The molecule has 0 spiro atoms. The van der Waals surface area contributed by atoms with Gasteiger partial charge in [0.05, 0.1) is 0 Å². The third-order valence-electron chi connectivity index (χ3n) is 1.17. The van der Waals surface area contributed by atoms with E-state index in [1.54, 1.807) is 0 Å². The number of unbranched alkanes of at least 4 members (excludes halogenated alkanes) is 2. The zero-order valence-electron chi connectivity index (χ0n) is 6.41. The average Bonchev–Trinajstić information content (AvgIpc) is 1.97. The van der Waals surface area contributed by atoms with Crippen molar-refractivity contribution in [1.82, 2.24) is 0 Å². The zero-order chi connectivity index (χ0) is 8.69. The molecular formula is C8H11F3. The van der Waals surface area contributed by atoms with Gasteiger partial charge in [0.25, 0.3) is 0 Å². The van der Waals surface area contributed by atoms with Crippen LogP contribution in [-0.2, 0) is 0 Å². The first kappa shape index (κ1) is 10.3. The van der Waals surface area contributed by atoms with E-state index in [1.165, 1.54) is 6.08 Å². The molecule has 0 aromatic rings. The zero-order valence-corrected chi connectivity index (χ0v) is 6.41. The van der Waals surface area contributed by atoms with Crippen LogP contribution in [0, 0.1) is 0 Å². The van der Waals surface area contributed by atoms with E-state index in [0.29, 0.717) is 6.42 Å². The molecule has 11 heavy (non-hydrogen) atoms. The van der Waals surface area contributed by atoms with Gasteiger partial charge in [-0.2, -0.15) is 8.78 Å². The van der Waals surface area contributed by atoms with Gasteiger partial charge in [0, 0.05) is 0 Å². The highest BCUT2D eigenvalue weighted by Gasteiger charge is 1.97. The lowest BCUT2D eigenvalue weighted by Crippen LogP contribution is -1.70. The second-order valence-corrected chi connectivity index (χ2v) is 2.15. The van der Waals surface area contributed by atoms with Gasteiger partial charge in [0.2, 0.25) is 0 Å². The quantitative estimate of drug-likeness (QED) is 0.437. The normalized spacial score (nSPS) is 10.5. The Morgan fingerprint density at radius 1 is 1.27 bits per heavy atom. The van der Waals surface area contributed by atoms with Crippen LogP contribution in [0.3, 0.4) is 0 Å². The molecule has 0 aromatic heterocycles. The van der Waals surface area contributed by atoms with Gasteiger partial charge in [-0.3, -0.25) is 0 Å². The Labute approximate surface area is 64.4 Å². The molecule has 0 saturated heterocycles. The molecule has 3 heteroatoms. The average molecular weight is 164 g/mol. The van der Waals surface area contributed by atoms with Gasteiger partial charge in [-0.1, -0.05) is 25.8 Å². The maximum atomic E-state index is 12.0. The maximum Gasteiger partial charge on any atom is 0.305 e. The summed E-state index contributed by atoms with van der Waals surface area (Å²) >= 11 is 0. The van der Waals surface area contributed by atoms with Crippen molar-refractivity contribution in [2.75, 3.05) is 0 Å². The molecule has 0 saturated carbocycles. The smallest absolute Gasteiger partial charge is 0.201 e. The molecule has 0 N–H and O–H groups in total. The molecule has 0 rings (SSSR count). The summed E-state index contributed by atoms with van der Waals surface area (Å²) < 4.78 is 34.8. The van der Waals surface area contributed by atoms with Crippen molar-refractivity contribution < 1.29 is 13.2 Å². The van der Waals surface area contributed by atoms with E-state index < -0.39 is 11.9 Å². The van der Waals surface area contributed by atoms with Crippen LogP contribution in [0.2, 0.25) is 0 Å². The summed E-state index contributed by atoms with van der Waals surface area (Å²) in [5.41, 5.74) is 0. The summed E-state index contributed by atoms with van der Waals surface area (Å²) in [5.74, 6) is -1.43. The predicted octanol–water partition coefficient (Wildman–Crippen LogP) is 3.81. The fraction of sp³-hybridized carbons (Fsp3) is 0.500. The van der Waals surface area contributed by atoms with Crippen molar-refractivity contribution in [1.29, 1.82) is 0 Å². The molecule has 0 atom stereocenters. The van der Waals surface area contributed by atoms with E-state index in [9.17, 15) is 13.2 Å². The molecule has 0 aliphatic heterocycles. The maximum absolute atomic E-state index is 12.0. The van der Waals surface area contributed by atoms with Crippen LogP contribution in [0.4, 0.5) is 13.2 Å². The molecule has 0 unspecified atom stereocenters. The fourth-order valence-electron chi connectivity index (χ4n) is 0.572. The lowest BCUT2D eigenvalue weighted by Gasteiger charge is -1.87. The number of rotatable bonds is 4. The summed E-state index contributed by atoms with van der Waals surface area (Å²) in [6.07, 6.45) is 2.50. The first-order chi connectivity index (χ1) is 5.18. The molecule has 0 heterocycles. The van der Waals surface area contributed by atoms with Crippen molar-refractivity contribution in [2.24, 2.45) is 0 Å². The molecule has 0 aliphatic rings. The van der Waals surface area contributed by atoms with Crippen molar-refractivity contribution in [3.63, 3.8) is 0 Å². The van der Waals surface area contributed by atoms with E-state index in [2.05, 4.69) is 0 Å². The second-order valence-electron chi connectivity index (χ2n) is 2.15. The van der Waals surface area contributed by atoms with Crippen LogP contribution in [0.15, 0.2) is 24.1 Å². The summed E-state index contributed by atoms with van der Waals surface area (Å²) in [7, 11) is 0. The second kappa shape index (κ2) is 6.01. The van der Waals surface area contributed by atoms with E-state index in [-0.39, 0.29) is 0 Å². The highest BCUT2D eigenvalue weighted by molar-refractivity contribution is 5.10. The Kier molecular flexibility index (Phi) is 5.61. The van der Waals surface area contributed by atoms with E-state index in [4.69, 9.17) is 0 Å². The minimum absolute atomic E-state index is 0.650. The van der Waals surface area contributed by atoms with Crippen LogP contribution in [-0.4, -0.2) is 0 Å². The van der Waals surface area contributed by atoms with Crippen LogP contribution < -0.4 is 0 Å². The molecule has 0 radical (unpaired) electrons. The highest BCUT2D eigenvalue weighted by Crippen LogP contribution is 2.10. The third kappa shape index (κ3) is 5.70. The lowest BCUT2D eigenvalue weighted by atomic mass is 10.2. The monoisotopic (exact) mass is 164 g/mol. The topological polar surface area (TPSA) is 0 Å². The molecule has 0 fully saturated rings. The van der Waals surface area contributed by atoms with Gasteiger partial charge in [0.1, 0.15) is 0 Å². The molecule has 0 bridgehead atoms. The number of hydrogen-bond donors (Lipinski definition) is 0. The van der Waals surface area contributed by atoms with Gasteiger partial charge < -0.3 is 0 Å². The summed E-state index contributed by atoms with van der Waals surface area (Å²) in [4.78, 5) is 0. The minimum atomic E-state index is -2.25. The third-order valence-corrected chi connectivity index (χ3v) is 1.17. The molecular weight excluding hydrogens is 153 g/mol. The van der Waals surface area contributed by atoms with Crippen LogP contribution >= 0.6 is 0 Å². The molecule has 64 valence electrons. The van der Waals surface area contributed by atoms with Gasteiger partial charge in [-0.25, -0.2) is 4.39 Å². The van der Waals surface area contributed by atoms with Crippen LogP contribution in [0.1, 0.15) is 26.2 Å². The Balaban J connectivity index is 3.66. The fourth-order valence-corrected chi connectivity index (χ4v) is 0.572. The Morgan fingerprint density at radius 3 is 2.36 bits per heavy atom. The van der Waals surface area contributed by atoms with E-state index in [1.807, 2.05) is 6.92 Å². The van der Waals surface area contributed by atoms with E-state index in [0.717, 1.165) is 18.9 Å². The van der Waals surface area contributed by atoms with Crippen LogP contribution in [0.25, 0.3) is 0 Å². The van der Waals surface area contributed by atoms with Crippen molar-refractivity contribution in [3.8, 4) is 0 Å². The minimum Gasteiger partial charge on any atom is -0.201 e. The SMILES string of the molecule is CCCC/C=C/C(F)=C(F)F. The Bertz CT molecular complexity index is 155. The number of hydrogen-bond acceptors (Lipinski definition) is 0. The van der Waals surface area contributed by atoms with Crippen molar-refractivity contribution >= 4 is 0 Å². The summed E-state index contributed by atoms with van der Waals surface area (Å²) in [6, 6.07) is 0. The van der Waals surface area contributed by atoms with Crippen molar-refractivity contribution in [3.05, 3.63) is 24.1 Å². The van der Waals surface area contributed by atoms with E-state index >= 15 is 0 Å². The number of allylic oxidation sites excluding steroid dienone is 3. The largest absolute Gasteiger partial charge is 0.305 e. The van der Waals surface area contributed by atoms with Crippen LogP contribution in [0.5, 0.6) is 0 Å². The molecule has 0 aromatic carbocycles. The summed E-state index contributed by atoms with van der Waals surface area (Å²) in [5, 5.41) is 0. The molecule has 0 aliphatic carbocycles. The predicted molar refractivity (Wildman–Crippen MR) is 39.0 cm³/mol. The van der Waals surface area contributed by atoms with Crippen molar-refractivity contribution in [2.45, 2.75) is 26.2 Å². The van der Waals surface area contributed by atoms with Gasteiger partial charge in [-0.05, 0) is 12.5 Å². The lowest BCUT2D eigenvalue weighted by molar-refractivity contribution is 0.387. The molecule has 0 nitrogen and oxygen atoms in total. The first-order valence-electron chi connectivity index (χ1n) is 3.55. The van der Waals surface area contributed by atoms with Gasteiger partial charge in [0.15, 0.2) is 5.83 Å². The number of halogens is 3. The van der Waals surface area contributed by atoms with Gasteiger partial charge >= 0.3 is 6.08 Å². The Morgan fingerprint density at radius 2 is 1.91 bits per heavy atom.